The van der Waals surface area contributed by atoms with Crippen LogP contribution in [0.2, 0.25) is 0 Å². The van der Waals surface area contributed by atoms with E-state index in [1.54, 1.807) is 0 Å². The molecule has 0 fully saturated rings. The monoisotopic (exact) mass is 357 g/mol. The smallest absolute Gasteiger partial charge is 0.416 e. The van der Waals surface area contributed by atoms with Gasteiger partial charge in [-0.15, -0.1) is 0 Å². The first-order valence-electron chi connectivity index (χ1n) is 7.08. The minimum Gasteiger partial charge on any atom is -0.489 e. The lowest BCUT2D eigenvalue weighted by Gasteiger charge is -2.17. The summed E-state index contributed by atoms with van der Waals surface area (Å²) in [5.41, 5.74) is -2.65. The summed E-state index contributed by atoms with van der Waals surface area (Å²) in [6, 6.07) is 4.94. The maximum Gasteiger partial charge on any atom is 0.416 e. The van der Waals surface area contributed by atoms with Gasteiger partial charge in [0.05, 0.1) is 17.9 Å². The fraction of sp³-hybridized carbons (Fsp3) is 0.250. The molecule has 25 heavy (non-hydrogen) atoms. The molecule has 0 aliphatic rings. The summed E-state index contributed by atoms with van der Waals surface area (Å²) in [6.07, 6.45) is -4.62. The lowest BCUT2D eigenvalue weighted by atomic mass is 10.1. The highest BCUT2D eigenvalue weighted by Crippen LogP contribution is 2.31. The van der Waals surface area contributed by atoms with Gasteiger partial charge in [-0.05, 0) is 25.1 Å². The predicted molar refractivity (Wildman–Crippen MR) is 81.3 cm³/mol. The molecule has 0 aliphatic heterocycles. The molecule has 0 saturated heterocycles. The molecule has 0 spiro atoms. The number of carboxylic acids is 1. The Morgan fingerprint density at radius 3 is 2.52 bits per heavy atom. The van der Waals surface area contributed by atoms with Crippen molar-refractivity contribution >= 4 is 5.97 Å². The Bertz CT molecular complexity index is 858. The van der Waals surface area contributed by atoms with E-state index in [9.17, 15) is 22.8 Å². The van der Waals surface area contributed by atoms with Gasteiger partial charge in [-0.1, -0.05) is 6.07 Å². The van der Waals surface area contributed by atoms with E-state index in [-0.39, 0.29) is 30.3 Å². The van der Waals surface area contributed by atoms with Crippen molar-refractivity contribution < 1.29 is 32.9 Å². The van der Waals surface area contributed by atoms with Crippen molar-refractivity contribution in [3.63, 3.8) is 0 Å². The van der Waals surface area contributed by atoms with Crippen LogP contribution in [-0.2, 0) is 6.18 Å². The molecule has 2 rings (SSSR count). The molecule has 1 heterocycles. The van der Waals surface area contributed by atoms with Gasteiger partial charge >= 0.3 is 12.1 Å². The topological polar surface area (TPSA) is 88.8 Å². The second-order valence-corrected chi connectivity index (χ2v) is 5.07. The summed E-state index contributed by atoms with van der Waals surface area (Å²) in [4.78, 5) is 23.7. The van der Waals surface area contributed by atoms with E-state index >= 15 is 0 Å². The maximum absolute atomic E-state index is 12.9. The molecule has 2 aromatic rings. The molecule has 134 valence electrons. The SMILES string of the molecule is Cc1c(OCCO)cc(C(=O)O)c(=O)n1-c1cccc(C(F)(F)F)c1. The number of pyridine rings is 1. The highest BCUT2D eigenvalue weighted by molar-refractivity contribution is 5.87. The Labute approximate surface area is 139 Å². The third-order valence-corrected chi connectivity index (χ3v) is 3.41. The Morgan fingerprint density at radius 2 is 1.96 bits per heavy atom. The molecule has 1 aromatic heterocycles. The molecule has 0 aliphatic carbocycles. The number of carboxylic acid groups (broad SMARTS) is 1. The van der Waals surface area contributed by atoms with Crippen LogP contribution < -0.4 is 10.3 Å². The summed E-state index contributed by atoms with van der Waals surface area (Å²) in [6.45, 7) is 0.880. The minimum atomic E-state index is -4.62. The Morgan fingerprint density at radius 1 is 1.28 bits per heavy atom. The number of hydrogen-bond donors (Lipinski definition) is 2. The quantitative estimate of drug-likeness (QED) is 0.857. The van der Waals surface area contributed by atoms with E-state index in [4.69, 9.17) is 14.9 Å². The van der Waals surface area contributed by atoms with Crippen molar-refractivity contribution in [1.29, 1.82) is 0 Å². The average Bonchev–Trinajstić information content (AvgIpc) is 2.53. The number of aliphatic hydroxyl groups is 1. The van der Waals surface area contributed by atoms with E-state index < -0.39 is 28.8 Å². The zero-order valence-corrected chi connectivity index (χ0v) is 13.0. The van der Waals surface area contributed by atoms with Gasteiger partial charge in [-0.3, -0.25) is 9.36 Å². The predicted octanol–water partition coefficient (Wildman–Crippen LogP) is 2.23. The first-order chi connectivity index (χ1) is 11.7. The van der Waals surface area contributed by atoms with Gasteiger partial charge in [0.25, 0.3) is 5.56 Å². The van der Waals surface area contributed by atoms with Crippen molar-refractivity contribution in [3.8, 4) is 11.4 Å². The number of benzene rings is 1. The van der Waals surface area contributed by atoms with Crippen molar-refractivity contribution in [3.05, 3.63) is 57.5 Å². The third-order valence-electron chi connectivity index (χ3n) is 3.41. The zero-order chi connectivity index (χ0) is 18.8. The minimum absolute atomic E-state index is 0.0246. The van der Waals surface area contributed by atoms with E-state index in [2.05, 4.69) is 0 Å². The Hall–Kier alpha value is -2.81. The fourth-order valence-electron chi connectivity index (χ4n) is 2.27. The zero-order valence-electron chi connectivity index (χ0n) is 13.0. The second-order valence-electron chi connectivity index (χ2n) is 5.07. The molecule has 0 radical (unpaired) electrons. The molecule has 9 heteroatoms. The van der Waals surface area contributed by atoms with Gasteiger partial charge < -0.3 is 14.9 Å². The van der Waals surface area contributed by atoms with Crippen LogP contribution in [0.25, 0.3) is 5.69 Å². The van der Waals surface area contributed by atoms with Crippen molar-refractivity contribution in [2.45, 2.75) is 13.1 Å². The van der Waals surface area contributed by atoms with E-state index in [1.807, 2.05) is 0 Å². The molecule has 2 N–H and O–H groups in total. The summed E-state index contributed by atoms with van der Waals surface area (Å²) in [7, 11) is 0. The summed E-state index contributed by atoms with van der Waals surface area (Å²) >= 11 is 0. The van der Waals surface area contributed by atoms with Crippen LogP contribution in [0, 0.1) is 6.92 Å². The normalized spacial score (nSPS) is 11.4. The van der Waals surface area contributed by atoms with Gasteiger partial charge in [0.1, 0.15) is 17.9 Å². The first kappa shape index (κ1) is 18.5. The largest absolute Gasteiger partial charge is 0.489 e. The van der Waals surface area contributed by atoms with Gasteiger partial charge in [-0.25, -0.2) is 4.79 Å². The van der Waals surface area contributed by atoms with Crippen LogP contribution in [0.5, 0.6) is 5.75 Å². The molecule has 0 atom stereocenters. The number of aliphatic hydroxyl groups excluding tert-OH is 1. The van der Waals surface area contributed by atoms with E-state index in [0.717, 1.165) is 28.8 Å². The number of nitrogens with zero attached hydrogens (tertiary/aromatic N) is 1. The van der Waals surface area contributed by atoms with Crippen LogP contribution in [0.1, 0.15) is 21.6 Å². The molecule has 0 unspecified atom stereocenters. The molecular formula is C16H14F3NO5. The third kappa shape index (κ3) is 3.82. The Kier molecular flexibility index (Phi) is 5.17. The number of carbonyl (C=O) groups is 1. The van der Waals surface area contributed by atoms with Gasteiger partial charge in [-0.2, -0.15) is 13.2 Å². The summed E-state index contributed by atoms with van der Waals surface area (Å²) in [5, 5.41) is 18.0. The second kappa shape index (κ2) is 6.98. The maximum atomic E-state index is 12.9. The highest BCUT2D eigenvalue weighted by atomic mass is 19.4. The molecule has 0 amide bonds. The van der Waals surface area contributed by atoms with Crippen LogP contribution in [0.3, 0.4) is 0 Å². The number of aromatic nitrogens is 1. The fourth-order valence-corrected chi connectivity index (χ4v) is 2.27. The van der Waals surface area contributed by atoms with E-state index in [1.165, 1.54) is 13.0 Å². The number of ether oxygens (including phenoxy) is 1. The number of alkyl halides is 3. The lowest BCUT2D eigenvalue weighted by molar-refractivity contribution is -0.137. The lowest BCUT2D eigenvalue weighted by Crippen LogP contribution is -2.28. The molecule has 0 saturated carbocycles. The van der Waals surface area contributed by atoms with Gasteiger partial charge in [0, 0.05) is 11.8 Å². The van der Waals surface area contributed by atoms with Crippen molar-refractivity contribution in [2.75, 3.05) is 13.2 Å². The highest BCUT2D eigenvalue weighted by Gasteiger charge is 2.31. The van der Waals surface area contributed by atoms with Crippen LogP contribution in [-0.4, -0.2) is 34.0 Å². The number of hydrogen-bond acceptors (Lipinski definition) is 4. The summed E-state index contributed by atoms with van der Waals surface area (Å²) < 4.78 is 44.7. The Balaban J connectivity index is 2.74. The van der Waals surface area contributed by atoms with E-state index in [0.29, 0.717) is 0 Å². The number of halogens is 3. The first-order valence-corrected chi connectivity index (χ1v) is 7.08. The molecule has 6 nitrogen and oxygen atoms in total. The number of rotatable bonds is 5. The molecular weight excluding hydrogens is 343 g/mol. The van der Waals surface area contributed by atoms with Crippen molar-refractivity contribution in [2.24, 2.45) is 0 Å². The van der Waals surface area contributed by atoms with Crippen LogP contribution in [0.4, 0.5) is 13.2 Å². The number of aromatic carboxylic acids is 1. The van der Waals surface area contributed by atoms with Crippen LogP contribution >= 0.6 is 0 Å². The van der Waals surface area contributed by atoms with Gasteiger partial charge in [0.15, 0.2) is 0 Å². The molecule has 1 aromatic carbocycles. The van der Waals surface area contributed by atoms with Crippen LogP contribution in [0.15, 0.2) is 35.1 Å². The summed E-state index contributed by atoms with van der Waals surface area (Å²) in [5.74, 6) is -1.57. The molecule has 0 bridgehead atoms. The van der Waals surface area contributed by atoms with Crippen molar-refractivity contribution in [1.82, 2.24) is 4.57 Å². The standard InChI is InChI=1S/C16H14F3NO5/c1-9-13(25-6-5-21)8-12(15(23)24)14(22)20(9)11-4-2-3-10(7-11)16(17,18)19/h2-4,7-8,21H,5-6H2,1H3,(H,23,24). The van der Waals surface area contributed by atoms with Gasteiger partial charge in [0.2, 0.25) is 0 Å². The average molecular weight is 357 g/mol.